The minimum Gasteiger partial charge on any atom is -0.236 e. The van der Waals surface area contributed by atoms with Gasteiger partial charge in [0, 0.05) is 0 Å². The molecule has 1 nitrogen and oxygen atoms in total. The maximum Gasteiger partial charge on any atom is 0.0859 e. The maximum atomic E-state index is 10.2. The fourth-order valence-electron chi connectivity index (χ4n) is 0.759. The Bertz CT molecular complexity index is 150. The van der Waals surface area contributed by atoms with Gasteiger partial charge in [-0.25, -0.2) is 5.11 Å². The smallest absolute Gasteiger partial charge is 0.0859 e. The lowest BCUT2D eigenvalue weighted by atomic mass is 10.1. The predicted molar refractivity (Wildman–Crippen MR) is 48.0 cm³/mol. The topological polar surface area (TPSA) is 19.9 Å². The van der Waals surface area contributed by atoms with Crippen LogP contribution in [0.1, 0.15) is 33.6 Å². The van der Waals surface area contributed by atoms with E-state index >= 15 is 0 Å². The summed E-state index contributed by atoms with van der Waals surface area (Å²) in [5, 5.41) is 10.2. The Balaban J connectivity index is 3.64. The summed E-state index contributed by atoms with van der Waals surface area (Å²) < 4.78 is 0. The molecular formula is C10H17O. The summed E-state index contributed by atoms with van der Waals surface area (Å²) in [6, 6.07) is 0. The van der Waals surface area contributed by atoms with Crippen LogP contribution in [-0.4, -0.2) is 6.61 Å². The quantitative estimate of drug-likeness (QED) is 0.553. The van der Waals surface area contributed by atoms with Crippen LogP contribution in [0.3, 0.4) is 0 Å². The fraction of sp³-hybridized carbons (Fsp3) is 0.600. The summed E-state index contributed by atoms with van der Waals surface area (Å²) in [6.45, 7) is 6.18. The molecule has 0 fully saturated rings. The van der Waals surface area contributed by atoms with Crippen molar-refractivity contribution >= 4 is 0 Å². The van der Waals surface area contributed by atoms with Gasteiger partial charge in [0.15, 0.2) is 0 Å². The van der Waals surface area contributed by atoms with Crippen LogP contribution in [-0.2, 0) is 5.11 Å². The molecule has 0 aromatic rings. The maximum absolute atomic E-state index is 10.2. The zero-order valence-electron chi connectivity index (χ0n) is 7.68. The molecule has 0 spiro atoms. The van der Waals surface area contributed by atoms with Crippen LogP contribution in [0.4, 0.5) is 0 Å². The highest BCUT2D eigenvalue weighted by atomic mass is 16.2. The average Bonchev–Trinajstić information content (AvgIpc) is 1.87. The van der Waals surface area contributed by atoms with Crippen LogP contribution in [0, 0.1) is 0 Å². The molecule has 0 amide bonds. The van der Waals surface area contributed by atoms with Crippen molar-refractivity contribution in [1.29, 1.82) is 0 Å². The molecule has 0 heterocycles. The minimum atomic E-state index is 0.0111. The van der Waals surface area contributed by atoms with Gasteiger partial charge in [0.25, 0.3) is 0 Å². The third-order valence-corrected chi connectivity index (χ3v) is 1.49. The summed E-state index contributed by atoms with van der Waals surface area (Å²) >= 11 is 0. The zero-order chi connectivity index (χ0) is 8.69. The lowest BCUT2D eigenvalue weighted by Gasteiger charge is -1.94. The van der Waals surface area contributed by atoms with E-state index in [0.29, 0.717) is 6.42 Å². The van der Waals surface area contributed by atoms with Gasteiger partial charge in [-0.3, -0.25) is 0 Å². The Morgan fingerprint density at radius 2 is 1.82 bits per heavy atom. The van der Waals surface area contributed by atoms with E-state index in [1.165, 1.54) is 11.1 Å². The zero-order valence-corrected chi connectivity index (χ0v) is 7.68. The molecule has 0 saturated carbocycles. The van der Waals surface area contributed by atoms with Crippen molar-refractivity contribution in [1.82, 2.24) is 0 Å². The van der Waals surface area contributed by atoms with Gasteiger partial charge >= 0.3 is 0 Å². The van der Waals surface area contributed by atoms with Crippen LogP contribution in [0.5, 0.6) is 0 Å². The SMILES string of the molecule is CC(C)=CC/C=C(\C)CC[O]. The standard InChI is InChI=1S/C10H17O/c1-9(2)5-4-6-10(3)7-8-11/h5-6H,4,7-8H2,1-3H3/b10-6+. The number of hydrogen-bond acceptors (Lipinski definition) is 0. The van der Waals surface area contributed by atoms with Crippen molar-refractivity contribution in [3.05, 3.63) is 23.3 Å². The Kier molecular flexibility index (Phi) is 5.86. The van der Waals surface area contributed by atoms with Crippen molar-refractivity contribution in [3.63, 3.8) is 0 Å². The van der Waals surface area contributed by atoms with Crippen LogP contribution < -0.4 is 0 Å². The predicted octanol–water partition coefficient (Wildman–Crippen LogP) is 3.11. The van der Waals surface area contributed by atoms with Gasteiger partial charge in [-0.05, 0) is 33.6 Å². The van der Waals surface area contributed by atoms with Crippen LogP contribution >= 0.6 is 0 Å². The second-order valence-corrected chi connectivity index (χ2v) is 3.02. The van der Waals surface area contributed by atoms with E-state index in [4.69, 9.17) is 0 Å². The van der Waals surface area contributed by atoms with Crippen molar-refractivity contribution in [2.24, 2.45) is 0 Å². The Labute approximate surface area is 69.4 Å². The Hall–Kier alpha value is -0.560. The molecule has 0 unspecified atom stereocenters. The lowest BCUT2D eigenvalue weighted by molar-refractivity contribution is 0.197. The minimum absolute atomic E-state index is 0.0111. The number of rotatable bonds is 4. The molecule has 0 aromatic heterocycles. The van der Waals surface area contributed by atoms with E-state index in [-0.39, 0.29) is 6.61 Å². The van der Waals surface area contributed by atoms with E-state index in [0.717, 1.165) is 6.42 Å². The lowest BCUT2D eigenvalue weighted by Crippen LogP contribution is -1.81. The van der Waals surface area contributed by atoms with Gasteiger partial charge in [-0.15, -0.1) is 0 Å². The highest BCUT2D eigenvalue weighted by Gasteiger charge is 1.86. The molecule has 63 valence electrons. The molecule has 0 aliphatic heterocycles. The highest BCUT2D eigenvalue weighted by Crippen LogP contribution is 2.02. The first kappa shape index (κ1) is 10.4. The summed E-state index contributed by atoms with van der Waals surface area (Å²) in [6.07, 6.45) is 5.93. The van der Waals surface area contributed by atoms with Gasteiger partial charge < -0.3 is 0 Å². The molecule has 1 radical (unpaired) electrons. The summed E-state index contributed by atoms with van der Waals surface area (Å²) in [5.74, 6) is 0. The molecule has 0 N–H and O–H groups in total. The molecule has 11 heavy (non-hydrogen) atoms. The van der Waals surface area contributed by atoms with Gasteiger partial charge in [0.05, 0.1) is 6.61 Å². The summed E-state index contributed by atoms with van der Waals surface area (Å²) in [7, 11) is 0. The monoisotopic (exact) mass is 153 g/mol. The molecule has 0 aliphatic carbocycles. The normalized spacial score (nSPS) is 11.5. The van der Waals surface area contributed by atoms with Crippen molar-refractivity contribution in [2.75, 3.05) is 6.61 Å². The van der Waals surface area contributed by atoms with Crippen molar-refractivity contribution in [3.8, 4) is 0 Å². The number of hydrogen-bond donors (Lipinski definition) is 0. The van der Waals surface area contributed by atoms with Crippen LogP contribution in [0.15, 0.2) is 23.3 Å². The molecule has 0 rings (SSSR count). The van der Waals surface area contributed by atoms with Crippen LogP contribution in [0.2, 0.25) is 0 Å². The first-order valence-electron chi connectivity index (χ1n) is 4.04. The van der Waals surface area contributed by atoms with Gasteiger partial charge in [-0.1, -0.05) is 23.3 Å². The van der Waals surface area contributed by atoms with Crippen LogP contribution in [0.25, 0.3) is 0 Å². The highest BCUT2D eigenvalue weighted by molar-refractivity contribution is 5.04. The second kappa shape index (κ2) is 6.17. The first-order chi connectivity index (χ1) is 5.16. The van der Waals surface area contributed by atoms with E-state index < -0.39 is 0 Å². The number of allylic oxidation sites excluding steroid dienone is 3. The molecule has 0 aromatic carbocycles. The first-order valence-corrected chi connectivity index (χ1v) is 4.04. The van der Waals surface area contributed by atoms with Crippen molar-refractivity contribution < 1.29 is 5.11 Å². The van der Waals surface area contributed by atoms with Gasteiger partial charge in [-0.2, -0.15) is 0 Å². The molecule has 0 aliphatic rings. The molecule has 1 heteroatoms. The summed E-state index contributed by atoms with van der Waals surface area (Å²) in [5.41, 5.74) is 2.54. The van der Waals surface area contributed by atoms with Crippen molar-refractivity contribution in [2.45, 2.75) is 33.6 Å². The van der Waals surface area contributed by atoms with E-state index in [1.807, 2.05) is 6.92 Å². The third-order valence-electron chi connectivity index (χ3n) is 1.49. The third kappa shape index (κ3) is 7.34. The van der Waals surface area contributed by atoms with E-state index in [9.17, 15) is 5.11 Å². The van der Waals surface area contributed by atoms with Gasteiger partial charge in [0.1, 0.15) is 0 Å². The molecular weight excluding hydrogens is 136 g/mol. The molecule has 0 saturated heterocycles. The Morgan fingerprint density at radius 1 is 1.18 bits per heavy atom. The largest absolute Gasteiger partial charge is 0.236 e. The van der Waals surface area contributed by atoms with E-state index in [1.54, 1.807) is 0 Å². The van der Waals surface area contributed by atoms with E-state index in [2.05, 4.69) is 26.0 Å². The second-order valence-electron chi connectivity index (χ2n) is 3.02. The Morgan fingerprint density at radius 3 is 2.27 bits per heavy atom. The molecule has 0 atom stereocenters. The average molecular weight is 153 g/mol. The summed E-state index contributed by atoms with van der Waals surface area (Å²) in [4.78, 5) is 0. The molecule has 0 bridgehead atoms. The fourth-order valence-corrected chi connectivity index (χ4v) is 0.759. The van der Waals surface area contributed by atoms with Gasteiger partial charge in [0.2, 0.25) is 0 Å².